The molecule has 0 aliphatic rings. The summed E-state index contributed by atoms with van der Waals surface area (Å²) < 4.78 is 6.85. The average Bonchev–Trinajstić information content (AvgIpc) is 2.76. The summed E-state index contributed by atoms with van der Waals surface area (Å²) >= 11 is 0. The molecule has 0 atom stereocenters. The summed E-state index contributed by atoms with van der Waals surface area (Å²) in [5, 5.41) is 7.94. The van der Waals surface area contributed by atoms with Crippen molar-refractivity contribution >= 4 is 0 Å². The fourth-order valence-corrected chi connectivity index (χ4v) is 1.25. The molecule has 2 heterocycles. The molecule has 0 saturated carbocycles. The van der Waals surface area contributed by atoms with E-state index >= 15 is 0 Å². The topological polar surface area (TPSA) is 69.9 Å². The van der Waals surface area contributed by atoms with Crippen molar-refractivity contribution in [3.63, 3.8) is 0 Å². The van der Waals surface area contributed by atoms with Crippen LogP contribution in [0.15, 0.2) is 23.0 Å². The van der Waals surface area contributed by atoms with Crippen LogP contribution in [0.25, 0.3) is 0 Å². The quantitative estimate of drug-likeness (QED) is 0.776. The van der Waals surface area contributed by atoms with Gasteiger partial charge in [-0.1, -0.05) is 5.16 Å². The molecule has 5 heteroatoms. The van der Waals surface area contributed by atoms with Crippen LogP contribution < -0.4 is 5.73 Å². The Morgan fingerprint density at radius 1 is 1.57 bits per heavy atom. The van der Waals surface area contributed by atoms with Gasteiger partial charge in [0.1, 0.15) is 6.54 Å². The smallest absolute Gasteiger partial charge is 0.158 e. The van der Waals surface area contributed by atoms with Crippen molar-refractivity contribution in [3.8, 4) is 0 Å². The van der Waals surface area contributed by atoms with Crippen LogP contribution in [0.4, 0.5) is 0 Å². The predicted molar refractivity (Wildman–Crippen MR) is 50.5 cm³/mol. The second-order valence-corrected chi connectivity index (χ2v) is 3.18. The van der Waals surface area contributed by atoms with Gasteiger partial charge in [0.15, 0.2) is 5.76 Å². The Balaban J connectivity index is 2.10. The van der Waals surface area contributed by atoms with Crippen LogP contribution in [0.5, 0.6) is 0 Å². The molecule has 14 heavy (non-hydrogen) atoms. The number of hydrogen-bond acceptors (Lipinski definition) is 4. The van der Waals surface area contributed by atoms with Crippen molar-refractivity contribution in [2.24, 2.45) is 5.73 Å². The van der Waals surface area contributed by atoms with E-state index in [-0.39, 0.29) is 0 Å². The van der Waals surface area contributed by atoms with Crippen LogP contribution in [0.2, 0.25) is 0 Å². The van der Waals surface area contributed by atoms with E-state index in [1.165, 1.54) is 0 Å². The van der Waals surface area contributed by atoms with Gasteiger partial charge in [-0.15, -0.1) is 0 Å². The van der Waals surface area contributed by atoms with Gasteiger partial charge in [-0.2, -0.15) is 5.10 Å². The van der Waals surface area contributed by atoms with Crippen LogP contribution in [0, 0.1) is 6.92 Å². The number of nitrogens with two attached hydrogens (primary N) is 1. The molecule has 0 amide bonds. The summed E-state index contributed by atoms with van der Waals surface area (Å²) in [5.41, 5.74) is 7.37. The molecule has 0 aliphatic carbocycles. The zero-order chi connectivity index (χ0) is 9.97. The molecule has 0 spiro atoms. The second kappa shape index (κ2) is 3.63. The van der Waals surface area contributed by atoms with Crippen LogP contribution in [0.1, 0.15) is 17.0 Å². The van der Waals surface area contributed by atoms with Crippen molar-refractivity contribution in [3.05, 3.63) is 35.5 Å². The highest BCUT2D eigenvalue weighted by molar-refractivity contribution is 5.06. The summed E-state index contributed by atoms with van der Waals surface area (Å²) in [5.74, 6) is 0.800. The lowest BCUT2D eigenvalue weighted by atomic mass is 10.3. The Morgan fingerprint density at radius 2 is 2.43 bits per heavy atom. The van der Waals surface area contributed by atoms with E-state index in [0.717, 1.165) is 17.0 Å². The fraction of sp³-hybridized carbons (Fsp3) is 0.333. The van der Waals surface area contributed by atoms with Gasteiger partial charge in [0.25, 0.3) is 0 Å². The molecule has 2 aromatic heterocycles. The van der Waals surface area contributed by atoms with Crippen LogP contribution in [-0.2, 0) is 13.1 Å². The number of rotatable bonds is 3. The van der Waals surface area contributed by atoms with E-state index in [4.69, 9.17) is 10.3 Å². The molecule has 2 rings (SSSR count). The largest absolute Gasteiger partial charge is 0.359 e. The molecular weight excluding hydrogens is 180 g/mol. The van der Waals surface area contributed by atoms with Crippen LogP contribution in [0.3, 0.4) is 0 Å². The Labute approximate surface area is 81.5 Å². The first kappa shape index (κ1) is 8.96. The maximum atomic E-state index is 5.47. The van der Waals surface area contributed by atoms with Gasteiger partial charge in [0.2, 0.25) is 0 Å². The maximum Gasteiger partial charge on any atom is 0.158 e. The predicted octanol–water partition coefficient (Wildman–Crippen LogP) is 0.687. The highest BCUT2D eigenvalue weighted by atomic mass is 16.5. The highest BCUT2D eigenvalue weighted by Gasteiger charge is 2.02. The van der Waals surface area contributed by atoms with E-state index in [2.05, 4.69) is 10.3 Å². The minimum atomic E-state index is 0.509. The lowest BCUT2D eigenvalue weighted by Crippen LogP contribution is -1.99. The maximum absolute atomic E-state index is 5.47. The Bertz CT molecular complexity index is 418. The summed E-state index contributed by atoms with van der Waals surface area (Å²) in [4.78, 5) is 0. The lowest BCUT2D eigenvalue weighted by Gasteiger charge is -1.94. The summed E-state index contributed by atoms with van der Waals surface area (Å²) in [7, 11) is 0. The zero-order valence-corrected chi connectivity index (χ0v) is 7.97. The normalized spacial score (nSPS) is 10.7. The molecule has 5 nitrogen and oxygen atoms in total. The molecule has 0 unspecified atom stereocenters. The van der Waals surface area contributed by atoms with Gasteiger partial charge in [0, 0.05) is 24.4 Å². The van der Waals surface area contributed by atoms with Gasteiger partial charge in [-0.25, -0.2) is 0 Å². The lowest BCUT2D eigenvalue weighted by molar-refractivity contribution is 0.368. The number of nitrogens with zero attached hydrogens (tertiary/aromatic N) is 3. The zero-order valence-electron chi connectivity index (χ0n) is 7.97. The summed E-state index contributed by atoms with van der Waals surface area (Å²) in [6.07, 6.45) is 3.65. The molecular formula is C9H12N4O. The monoisotopic (exact) mass is 192 g/mol. The third-order valence-corrected chi connectivity index (χ3v) is 1.92. The Hall–Kier alpha value is -1.62. The second-order valence-electron chi connectivity index (χ2n) is 3.18. The van der Waals surface area contributed by atoms with E-state index in [1.54, 1.807) is 10.9 Å². The van der Waals surface area contributed by atoms with Gasteiger partial charge >= 0.3 is 0 Å². The molecule has 0 saturated heterocycles. The molecule has 2 N–H and O–H groups in total. The van der Waals surface area contributed by atoms with E-state index < -0.39 is 0 Å². The summed E-state index contributed by atoms with van der Waals surface area (Å²) in [6.45, 7) is 3.00. The van der Waals surface area contributed by atoms with E-state index in [9.17, 15) is 0 Å². The number of aryl methyl sites for hydroxylation is 1. The highest BCUT2D eigenvalue weighted by Crippen LogP contribution is 2.05. The van der Waals surface area contributed by atoms with E-state index in [0.29, 0.717) is 13.1 Å². The SMILES string of the molecule is Cc1cc(Cn2cc(CN)cn2)on1. The standard InChI is InChI=1S/C9H12N4O/c1-7-2-9(14-12-7)6-13-5-8(3-10)4-11-13/h2,4-5H,3,6,10H2,1H3. The third-order valence-electron chi connectivity index (χ3n) is 1.92. The first-order valence-corrected chi connectivity index (χ1v) is 4.41. The average molecular weight is 192 g/mol. The van der Waals surface area contributed by atoms with Gasteiger partial charge < -0.3 is 10.3 Å². The van der Waals surface area contributed by atoms with Crippen LogP contribution >= 0.6 is 0 Å². The summed E-state index contributed by atoms with van der Waals surface area (Å²) in [6, 6.07) is 1.89. The molecule has 0 radical (unpaired) electrons. The van der Waals surface area contributed by atoms with E-state index in [1.807, 2.05) is 19.2 Å². The molecule has 0 bridgehead atoms. The minimum absolute atomic E-state index is 0.509. The molecule has 0 aromatic carbocycles. The fourth-order valence-electron chi connectivity index (χ4n) is 1.25. The van der Waals surface area contributed by atoms with Crippen LogP contribution in [-0.4, -0.2) is 14.9 Å². The van der Waals surface area contributed by atoms with Gasteiger partial charge in [0.05, 0.1) is 11.9 Å². The molecule has 2 aromatic rings. The van der Waals surface area contributed by atoms with Crippen molar-refractivity contribution in [1.82, 2.24) is 14.9 Å². The first-order chi connectivity index (χ1) is 6.78. The van der Waals surface area contributed by atoms with Crippen molar-refractivity contribution in [2.45, 2.75) is 20.0 Å². The van der Waals surface area contributed by atoms with Gasteiger partial charge in [-0.05, 0) is 6.92 Å². The minimum Gasteiger partial charge on any atom is -0.359 e. The van der Waals surface area contributed by atoms with Crippen molar-refractivity contribution < 1.29 is 4.52 Å². The third kappa shape index (κ3) is 1.82. The van der Waals surface area contributed by atoms with Crippen molar-refractivity contribution in [2.75, 3.05) is 0 Å². The first-order valence-electron chi connectivity index (χ1n) is 4.41. The van der Waals surface area contributed by atoms with Gasteiger partial charge in [-0.3, -0.25) is 4.68 Å². The molecule has 0 fully saturated rings. The number of aromatic nitrogens is 3. The molecule has 74 valence electrons. The van der Waals surface area contributed by atoms with Crippen molar-refractivity contribution in [1.29, 1.82) is 0 Å². The number of hydrogen-bond donors (Lipinski definition) is 1. The Kier molecular flexibility index (Phi) is 2.32. The molecule has 0 aliphatic heterocycles. The Morgan fingerprint density at radius 3 is 3.00 bits per heavy atom.